The van der Waals surface area contributed by atoms with Gasteiger partial charge in [0.1, 0.15) is 0 Å². The van der Waals surface area contributed by atoms with Crippen LogP contribution in [0.1, 0.15) is 29.3 Å². The standard InChI is InChI=1S/C23H22N4O/c1-17(12-13-18-8-4-2-5-9-18)24-23(28)20-14-15-27-21(16-20)25-26-22(27)19-10-6-3-7-11-19/h2-11,14-17H,12-13H2,1H3,(H,24,28)/t17-/m0/s1. The van der Waals surface area contributed by atoms with Gasteiger partial charge in [-0.05, 0) is 37.5 Å². The summed E-state index contributed by atoms with van der Waals surface area (Å²) in [7, 11) is 0. The van der Waals surface area contributed by atoms with E-state index in [9.17, 15) is 4.79 Å². The van der Waals surface area contributed by atoms with Crippen molar-refractivity contribution in [3.63, 3.8) is 0 Å². The molecule has 2 aromatic carbocycles. The molecule has 28 heavy (non-hydrogen) atoms. The molecular formula is C23H22N4O. The molecule has 0 aliphatic heterocycles. The Morgan fingerprint density at radius 2 is 1.71 bits per heavy atom. The average molecular weight is 370 g/mol. The van der Waals surface area contributed by atoms with E-state index in [-0.39, 0.29) is 11.9 Å². The molecule has 0 spiro atoms. The highest BCUT2D eigenvalue weighted by Crippen LogP contribution is 2.18. The minimum Gasteiger partial charge on any atom is -0.350 e. The second-order valence-electron chi connectivity index (χ2n) is 6.93. The molecule has 2 heterocycles. The molecule has 140 valence electrons. The Labute approximate surface area is 164 Å². The number of aromatic nitrogens is 3. The van der Waals surface area contributed by atoms with E-state index in [1.807, 2.05) is 72.1 Å². The summed E-state index contributed by atoms with van der Waals surface area (Å²) in [5.41, 5.74) is 3.51. The van der Waals surface area contributed by atoms with Gasteiger partial charge in [-0.25, -0.2) is 0 Å². The largest absolute Gasteiger partial charge is 0.350 e. The lowest BCUT2D eigenvalue weighted by atomic mass is 10.1. The van der Waals surface area contributed by atoms with Crippen molar-refractivity contribution >= 4 is 11.6 Å². The zero-order valence-electron chi connectivity index (χ0n) is 15.7. The summed E-state index contributed by atoms with van der Waals surface area (Å²) in [5, 5.41) is 11.6. The summed E-state index contributed by atoms with van der Waals surface area (Å²) >= 11 is 0. The van der Waals surface area contributed by atoms with Crippen LogP contribution in [0.3, 0.4) is 0 Å². The van der Waals surface area contributed by atoms with Crippen molar-refractivity contribution in [2.45, 2.75) is 25.8 Å². The number of nitrogens with one attached hydrogen (secondary N) is 1. The van der Waals surface area contributed by atoms with E-state index < -0.39 is 0 Å². The average Bonchev–Trinajstić information content (AvgIpc) is 3.17. The minimum atomic E-state index is -0.0904. The first-order chi connectivity index (χ1) is 13.7. The fourth-order valence-electron chi connectivity index (χ4n) is 3.22. The maximum absolute atomic E-state index is 12.6. The predicted octanol–water partition coefficient (Wildman–Crippen LogP) is 4.15. The highest BCUT2D eigenvalue weighted by Gasteiger charge is 2.13. The Morgan fingerprint density at radius 3 is 2.46 bits per heavy atom. The third kappa shape index (κ3) is 3.93. The summed E-state index contributed by atoms with van der Waals surface area (Å²) in [5.74, 6) is 0.672. The van der Waals surface area contributed by atoms with Gasteiger partial charge in [0.15, 0.2) is 11.5 Å². The van der Waals surface area contributed by atoms with Gasteiger partial charge in [0.2, 0.25) is 0 Å². The number of carbonyl (C=O) groups excluding carboxylic acids is 1. The molecule has 4 rings (SSSR count). The van der Waals surface area contributed by atoms with E-state index in [0.29, 0.717) is 11.2 Å². The summed E-state index contributed by atoms with van der Waals surface area (Å²) in [6.45, 7) is 2.03. The highest BCUT2D eigenvalue weighted by molar-refractivity contribution is 5.95. The highest BCUT2D eigenvalue weighted by atomic mass is 16.1. The first-order valence-corrected chi connectivity index (χ1v) is 9.46. The monoisotopic (exact) mass is 370 g/mol. The summed E-state index contributed by atoms with van der Waals surface area (Å²) in [6, 6.07) is 23.9. The zero-order chi connectivity index (χ0) is 19.3. The van der Waals surface area contributed by atoms with Crippen LogP contribution in [-0.2, 0) is 6.42 Å². The number of hydrogen-bond donors (Lipinski definition) is 1. The molecular weight excluding hydrogens is 348 g/mol. The van der Waals surface area contributed by atoms with Crippen LogP contribution in [0.2, 0.25) is 0 Å². The van der Waals surface area contributed by atoms with Crippen LogP contribution in [0.4, 0.5) is 0 Å². The summed E-state index contributed by atoms with van der Waals surface area (Å²) in [4.78, 5) is 12.6. The number of carbonyl (C=O) groups is 1. The fourth-order valence-corrected chi connectivity index (χ4v) is 3.22. The third-order valence-corrected chi connectivity index (χ3v) is 4.79. The molecule has 0 fully saturated rings. The van der Waals surface area contributed by atoms with Crippen LogP contribution in [-0.4, -0.2) is 26.5 Å². The van der Waals surface area contributed by atoms with E-state index >= 15 is 0 Å². The predicted molar refractivity (Wildman–Crippen MR) is 110 cm³/mol. The lowest BCUT2D eigenvalue weighted by Gasteiger charge is -2.14. The molecule has 0 aliphatic rings. The van der Waals surface area contributed by atoms with Crippen LogP contribution >= 0.6 is 0 Å². The van der Waals surface area contributed by atoms with Crippen LogP contribution in [0.25, 0.3) is 17.0 Å². The van der Waals surface area contributed by atoms with Gasteiger partial charge in [-0.2, -0.15) is 0 Å². The number of pyridine rings is 1. The Balaban J connectivity index is 1.44. The maximum Gasteiger partial charge on any atom is 0.251 e. The van der Waals surface area contributed by atoms with E-state index in [1.165, 1.54) is 5.56 Å². The molecule has 0 saturated carbocycles. The molecule has 1 atom stereocenters. The number of nitrogens with zero attached hydrogens (tertiary/aromatic N) is 3. The van der Waals surface area contributed by atoms with Crippen LogP contribution in [0, 0.1) is 0 Å². The first kappa shape index (κ1) is 17.9. The van der Waals surface area contributed by atoms with E-state index in [4.69, 9.17) is 0 Å². The second kappa shape index (κ2) is 8.05. The molecule has 1 amide bonds. The van der Waals surface area contributed by atoms with Crippen molar-refractivity contribution < 1.29 is 4.79 Å². The molecule has 5 heteroatoms. The van der Waals surface area contributed by atoms with Crippen LogP contribution in [0.5, 0.6) is 0 Å². The van der Waals surface area contributed by atoms with Crippen molar-refractivity contribution in [2.75, 3.05) is 0 Å². The summed E-state index contributed by atoms with van der Waals surface area (Å²) in [6.07, 6.45) is 3.67. The Hall–Kier alpha value is -3.47. The SMILES string of the molecule is C[C@@H](CCc1ccccc1)NC(=O)c1ccn2c(-c3ccccc3)nnc2c1. The lowest BCUT2D eigenvalue weighted by Crippen LogP contribution is -2.32. The van der Waals surface area contributed by atoms with Crippen molar-refractivity contribution in [1.82, 2.24) is 19.9 Å². The van der Waals surface area contributed by atoms with Gasteiger partial charge in [-0.1, -0.05) is 60.7 Å². The fraction of sp³-hybridized carbons (Fsp3) is 0.174. The van der Waals surface area contributed by atoms with Crippen molar-refractivity contribution in [3.8, 4) is 11.4 Å². The van der Waals surface area contributed by atoms with Crippen molar-refractivity contribution in [3.05, 3.63) is 90.1 Å². The van der Waals surface area contributed by atoms with Gasteiger partial charge in [0, 0.05) is 23.4 Å². The number of rotatable bonds is 6. The zero-order valence-corrected chi connectivity index (χ0v) is 15.7. The van der Waals surface area contributed by atoms with Gasteiger partial charge in [-0.3, -0.25) is 9.20 Å². The van der Waals surface area contributed by atoms with Crippen LogP contribution < -0.4 is 5.32 Å². The van der Waals surface area contributed by atoms with E-state index in [0.717, 1.165) is 24.2 Å². The second-order valence-corrected chi connectivity index (χ2v) is 6.93. The van der Waals surface area contributed by atoms with E-state index in [1.54, 1.807) is 6.07 Å². The lowest BCUT2D eigenvalue weighted by molar-refractivity contribution is 0.0938. The quantitative estimate of drug-likeness (QED) is 0.555. The van der Waals surface area contributed by atoms with Gasteiger partial charge >= 0.3 is 0 Å². The molecule has 0 unspecified atom stereocenters. The van der Waals surface area contributed by atoms with Gasteiger partial charge in [0.05, 0.1) is 0 Å². The molecule has 1 N–H and O–H groups in total. The molecule has 0 bridgehead atoms. The van der Waals surface area contributed by atoms with Gasteiger partial charge in [-0.15, -0.1) is 10.2 Å². The minimum absolute atomic E-state index is 0.0849. The molecule has 0 radical (unpaired) electrons. The topological polar surface area (TPSA) is 59.3 Å². The smallest absolute Gasteiger partial charge is 0.251 e. The molecule has 4 aromatic rings. The number of hydrogen-bond acceptors (Lipinski definition) is 3. The Bertz CT molecular complexity index is 1070. The Kier molecular flexibility index (Phi) is 5.15. The van der Waals surface area contributed by atoms with Gasteiger partial charge in [0.25, 0.3) is 5.91 Å². The van der Waals surface area contributed by atoms with Crippen molar-refractivity contribution in [1.29, 1.82) is 0 Å². The molecule has 2 aromatic heterocycles. The number of amides is 1. The molecule has 0 aliphatic carbocycles. The maximum atomic E-state index is 12.6. The third-order valence-electron chi connectivity index (χ3n) is 4.79. The molecule has 0 saturated heterocycles. The summed E-state index contributed by atoms with van der Waals surface area (Å²) < 4.78 is 1.89. The first-order valence-electron chi connectivity index (χ1n) is 9.46. The molecule has 5 nitrogen and oxygen atoms in total. The number of benzene rings is 2. The van der Waals surface area contributed by atoms with Crippen molar-refractivity contribution in [2.24, 2.45) is 0 Å². The van der Waals surface area contributed by atoms with Crippen LogP contribution in [0.15, 0.2) is 79.0 Å². The normalized spacial score (nSPS) is 12.0. The Morgan fingerprint density at radius 1 is 1.00 bits per heavy atom. The van der Waals surface area contributed by atoms with E-state index in [2.05, 4.69) is 27.6 Å². The number of fused-ring (bicyclic) bond motifs is 1. The number of aryl methyl sites for hydroxylation is 1. The van der Waals surface area contributed by atoms with Gasteiger partial charge < -0.3 is 5.32 Å².